The summed E-state index contributed by atoms with van der Waals surface area (Å²) in [6.07, 6.45) is 3.02. The van der Waals surface area contributed by atoms with E-state index in [2.05, 4.69) is 26.0 Å². The van der Waals surface area contributed by atoms with Gasteiger partial charge in [-0.2, -0.15) is 8.42 Å². The molecule has 2 unspecified atom stereocenters. The number of ether oxygens (including phenoxy) is 1. The summed E-state index contributed by atoms with van der Waals surface area (Å²) in [5.41, 5.74) is 2.49. The highest BCUT2D eigenvalue weighted by Gasteiger charge is 2.15. The number of phenols is 1. The van der Waals surface area contributed by atoms with E-state index in [1.54, 1.807) is 12.1 Å². The molecule has 154 valence electrons. The van der Waals surface area contributed by atoms with Gasteiger partial charge in [-0.3, -0.25) is 4.55 Å². The fourth-order valence-corrected chi connectivity index (χ4v) is 3.89. The lowest BCUT2D eigenvalue weighted by atomic mass is 9.84. The van der Waals surface area contributed by atoms with Gasteiger partial charge in [0.1, 0.15) is 11.5 Å². The van der Waals surface area contributed by atoms with Crippen LogP contribution in [0.1, 0.15) is 62.5 Å². The minimum atomic E-state index is -3.89. The van der Waals surface area contributed by atoms with Crippen LogP contribution < -0.4 is 4.74 Å². The number of hydrogen-bond donors (Lipinski definition) is 2. The van der Waals surface area contributed by atoms with Gasteiger partial charge in [0, 0.05) is 0 Å². The standard InChI is InChI=1S/C22H30O5S/c1-3-18(20-6-10-21(23)11-7-20)16-17(2)19-8-12-22(13-9-19)27-14-4-5-15-28(24,25)26/h6-13,17-18,23H,3-5,14-16H2,1-2H3,(H,24,25,26). The third-order valence-electron chi connectivity index (χ3n) is 5.01. The zero-order chi connectivity index (χ0) is 20.6. The quantitative estimate of drug-likeness (QED) is 0.399. The Kier molecular flexibility index (Phi) is 8.33. The molecule has 0 aliphatic carbocycles. The first kappa shape index (κ1) is 22.2. The van der Waals surface area contributed by atoms with Crippen molar-refractivity contribution in [2.24, 2.45) is 0 Å². The van der Waals surface area contributed by atoms with E-state index in [9.17, 15) is 13.5 Å². The summed E-state index contributed by atoms with van der Waals surface area (Å²) in [5, 5.41) is 9.47. The van der Waals surface area contributed by atoms with Crippen molar-refractivity contribution in [1.29, 1.82) is 0 Å². The van der Waals surface area contributed by atoms with E-state index < -0.39 is 10.1 Å². The Labute approximate surface area is 168 Å². The molecule has 5 nitrogen and oxygen atoms in total. The molecular weight excluding hydrogens is 376 g/mol. The zero-order valence-electron chi connectivity index (χ0n) is 16.5. The van der Waals surface area contributed by atoms with Gasteiger partial charge in [-0.15, -0.1) is 0 Å². The van der Waals surface area contributed by atoms with Gasteiger partial charge in [0.15, 0.2) is 0 Å². The molecule has 0 saturated heterocycles. The monoisotopic (exact) mass is 406 g/mol. The minimum Gasteiger partial charge on any atom is -0.508 e. The maximum absolute atomic E-state index is 10.7. The maximum atomic E-state index is 10.7. The molecule has 0 amide bonds. The smallest absolute Gasteiger partial charge is 0.264 e. The number of unbranched alkanes of at least 4 members (excludes halogenated alkanes) is 1. The van der Waals surface area contributed by atoms with Crippen molar-refractivity contribution < 1.29 is 22.8 Å². The lowest BCUT2D eigenvalue weighted by Crippen LogP contribution is -2.06. The number of phenolic OH excluding ortho intramolecular Hbond substituents is 1. The normalized spacial score (nSPS) is 13.8. The molecular formula is C22H30O5S. The van der Waals surface area contributed by atoms with Gasteiger partial charge in [-0.1, -0.05) is 38.1 Å². The highest BCUT2D eigenvalue weighted by Crippen LogP contribution is 2.33. The number of hydrogen-bond acceptors (Lipinski definition) is 4. The molecule has 0 saturated carbocycles. The highest BCUT2D eigenvalue weighted by atomic mass is 32.2. The topological polar surface area (TPSA) is 83.8 Å². The van der Waals surface area contributed by atoms with Crippen molar-refractivity contribution in [3.63, 3.8) is 0 Å². The molecule has 2 rings (SSSR count). The molecule has 0 aromatic heterocycles. The predicted octanol–water partition coefficient (Wildman–Crippen LogP) is 5.13. The van der Waals surface area contributed by atoms with Gasteiger partial charge in [-0.25, -0.2) is 0 Å². The fraction of sp³-hybridized carbons (Fsp3) is 0.455. The van der Waals surface area contributed by atoms with Gasteiger partial charge < -0.3 is 9.84 Å². The number of rotatable bonds is 11. The Morgan fingerprint density at radius 1 is 0.964 bits per heavy atom. The summed E-state index contributed by atoms with van der Waals surface area (Å²) >= 11 is 0. The molecule has 2 aromatic carbocycles. The van der Waals surface area contributed by atoms with Crippen LogP contribution in [-0.4, -0.2) is 30.4 Å². The average molecular weight is 407 g/mol. The first-order valence-electron chi connectivity index (χ1n) is 9.75. The molecule has 0 radical (unpaired) electrons. The van der Waals surface area contributed by atoms with Crippen molar-refractivity contribution >= 4 is 10.1 Å². The molecule has 0 aliphatic heterocycles. The zero-order valence-corrected chi connectivity index (χ0v) is 17.4. The first-order valence-corrected chi connectivity index (χ1v) is 11.4. The van der Waals surface area contributed by atoms with E-state index in [1.807, 2.05) is 24.3 Å². The third-order valence-corrected chi connectivity index (χ3v) is 5.81. The van der Waals surface area contributed by atoms with Crippen LogP contribution in [0.5, 0.6) is 11.5 Å². The van der Waals surface area contributed by atoms with Crippen LogP contribution in [-0.2, 0) is 10.1 Å². The fourth-order valence-electron chi connectivity index (χ4n) is 3.32. The molecule has 2 aromatic rings. The molecule has 28 heavy (non-hydrogen) atoms. The van der Waals surface area contributed by atoms with Crippen molar-refractivity contribution in [1.82, 2.24) is 0 Å². The van der Waals surface area contributed by atoms with Crippen molar-refractivity contribution in [2.75, 3.05) is 12.4 Å². The predicted molar refractivity (Wildman–Crippen MR) is 112 cm³/mol. The van der Waals surface area contributed by atoms with Crippen LogP contribution >= 0.6 is 0 Å². The summed E-state index contributed by atoms with van der Waals surface area (Å²) in [4.78, 5) is 0. The molecule has 2 N–H and O–H groups in total. The SMILES string of the molecule is CCC(CC(C)c1ccc(OCCCCS(=O)(=O)O)cc1)c1ccc(O)cc1. The van der Waals surface area contributed by atoms with Crippen LogP contribution in [0.15, 0.2) is 48.5 Å². The molecule has 0 heterocycles. The number of benzene rings is 2. The van der Waals surface area contributed by atoms with E-state index in [-0.39, 0.29) is 5.75 Å². The van der Waals surface area contributed by atoms with Crippen LogP contribution in [0, 0.1) is 0 Å². The lowest BCUT2D eigenvalue weighted by molar-refractivity contribution is 0.309. The second-order valence-electron chi connectivity index (χ2n) is 7.24. The van der Waals surface area contributed by atoms with Gasteiger partial charge in [0.05, 0.1) is 12.4 Å². The Hall–Kier alpha value is -2.05. The van der Waals surface area contributed by atoms with Crippen molar-refractivity contribution in [3.05, 3.63) is 59.7 Å². The summed E-state index contributed by atoms with van der Waals surface area (Å²) in [7, 11) is -3.89. The molecule has 0 fully saturated rings. The van der Waals surface area contributed by atoms with Gasteiger partial charge in [0.25, 0.3) is 10.1 Å². The third kappa shape index (κ3) is 7.52. The van der Waals surface area contributed by atoms with Crippen LogP contribution in [0.3, 0.4) is 0 Å². The summed E-state index contributed by atoms with van der Waals surface area (Å²) in [6.45, 7) is 4.82. The minimum absolute atomic E-state index is 0.230. The first-order chi connectivity index (χ1) is 13.3. The Morgan fingerprint density at radius 3 is 2.14 bits per heavy atom. The van der Waals surface area contributed by atoms with Crippen LogP contribution in [0.25, 0.3) is 0 Å². The highest BCUT2D eigenvalue weighted by molar-refractivity contribution is 7.85. The summed E-state index contributed by atoms with van der Waals surface area (Å²) in [6, 6.07) is 15.5. The molecule has 0 bridgehead atoms. The summed E-state index contributed by atoms with van der Waals surface area (Å²) < 4.78 is 35.7. The van der Waals surface area contributed by atoms with E-state index in [4.69, 9.17) is 9.29 Å². The number of aromatic hydroxyl groups is 1. The van der Waals surface area contributed by atoms with Crippen molar-refractivity contribution in [3.8, 4) is 11.5 Å². The molecule has 6 heteroatoms. The van der Waals surface area contributed by atoms with Gasteiger partial charge >= 0.3 is 0 Å². The van der Waals surface area contributed by atoms with E-state index in [0.717, 1.165) is 18.6 Å². The molecule has 0 spiro atoms. The second kappa shape index (κ2) is 10.5. The Morgan fingerprint density at radius 2 is 1.57 bits per heavy atom. The van der Waals surface area contributed by atoms with Crippen molar-refractivity contribution in [2.45, 2.75) is 51.4 Å². The molecule has 0 aliphatic rings. The average Bonchev–Trinajstić information content (AvgIpc) is 2.66. The lowest BCUT2D eigenvalue weighted by Gasteiger charge is -2.21. The van der Waals surface area contributed by atoms with Gasteiger partial charge in [0.2, 0.25) is 0 Å². The van der Waals surface area contributed by atoms with Crippen LogP contribution in [0.4, 0.5) is 0 Å². The summed E-state index contributed by atoms with van der Waals surface area (Å²) in [5.74, 6) is 1.65. The van der Waals surface area contributed by atoms with Gasteiger partial charge in [-0.05, 0) is 72.9 Å². The second-order valence-corrected chi connectivity index (χ2v) is 8.82. The van der Waals surface area contributed by atoms with E-state index in [0.29, 0.717) is 37.0 Å². The largest absolute Gasteiger partial charge is 0.508 e. The Balaban J connectivity index is 1.85. The van der Waals surface area contributed by atoms with Crippen LogP contribution in [0.2, 0.25) is 0 Å². The van der Waals surface area contributed by atoms with E-state index >= 15 is 0 Å². The Bertz CT molecular complexity index is 813. The maximum Gasteiger partial charge on any atom is 0.264 e. The molecule has 2 atom stereocenters. The van der Waals surface area contributed by atoms with E-state index in [1.165, 1.54) is 11.1 Å².